The van der Waals surface area contributed by atoms with Crippen LogP contribution in [0.3, 0.4) is 0 Å². The van der Waals surface area contributed by atoms with Crippen molar-refractivity contribution in [1.82, 2.24) is 0 Å². The van der Waals surface area contributed by atoms with E-state index in [9.17, 15) is 22.0 Å². The molecule has 0 aliphatic rings. The minimum atomic E-state index is -5.69. The third kappa shape index (κ3) is 3.44. The Hall–Kier alpha value is -2.32. The summed E-state index contributed by atoms with van der Waals surface area (Å²) in [6.45, 7) is 4.33. The number of hydrogen-bond donors (Lipinski definition) is 1. The Bertz CT molecular complexity index is 906. The maximum atomic E-state index is 13.4. The van der Waals surface area contributed by atoms with Crippen LogP contribution in [-0.2, 0) is 14.9 Å². The number of carbonyl (C=O) groups excluding carboxylic acids is 1. The third-order valence-corrected chi connectivity index (χ3v) is 4.46. The van der Waals surface area contributed by atoms with E-state index in [2.05, 4.69) is 11.3 Å². The summed E-state index contributed by atoms with van der Waals surface area (Å²) < 4.78 is 61.1. The summed E-state index contributed by atoms with van der Waals surface area (Å²) >= 11 is 0. The molecule has 0 radical (unpaired) electrons. The second kappa shape index (κ2) is 6.29. The number of rotatable bonds is 5. The molecule has 0 aliphatic heterocycles. The second-order valence-corrected chi connectivity index (χ2v) is 6.60. The van der Waals surface area contributed by atoms with Gasteiger partial charge in [-0.1, -0.05) is 30.9 Å². The number of fused-ring (bicyclic) bond motifs is 1. The van der Waals surface area contributed by atoms with Crippen molar-refractivity contribution in [1.29, 1.82) is 0 Å². The highest BCUT2D eigenvalue weighted by Gasteiger charge is 2.52. The molecule has 8 heteroatoms. The van der Waals surface area contributed by atoms with Gasteiger partial charge in [0.1, 0.15) is 0 Å². The normalized spacial score (nSPS) is 13.5. The molecule has 2 aromatic carbocycles. The van der Waals surface area contributed by atoms with Gasteiger partial charge in [-0.3, -0.25) is 4.55 Å². The second-order valence-electron chi connectivity index (χ2n) is 5.11. The van der Waals surface area contributed by atoms with Gasteiger partial charge >= 0.3 is 21.3 Å². The van der Waals surface area contributed by atoms with E-state index in [1.165, 1.54) is 12.1 Å². The SMILES string of the molecule is C=Cc1ccc2cc(C(=O)OC(C)C(F)(F)S(=O)(=O)O)ccc2c1. The van der Waals surface area contributed by atoms with Gasteiger partial charge in [0, 0.05) is 0 Å². The molecule has 5 nitrogen and oxygen atoms in total. The van der Waals surface area contributed by atoms with Gasteiger partial charge in [0.25, 0.3) is 0 Å². The van der Waals surface area contributed by atoms with E-state index in [1.54, 1.807) is 24.3 Å². The summed E-state index contributed by atoms with van der Waals surface area (Å²) in [6.07, 6.45) is -0.695. The summed E-state index contributed by atoms with van der Waals surface area (Å²) in [5.74, 6) is -1.12. The average molecular weight is 356 g/mol. The molecule has 0 fully saturated rings. The van der Waals surface area contributed by atoms with Gasteiger partial charge in [0.05, 0.1) is 5.56 Å². The fourth-order valence-corrected chi connectivity index (χ4v) is 2.49. The molecule has 0 amide bonds. The van der Waals surface area contributed by atoms with E-state index in [4.69, 9.17) is 4.55 Å². The Morgan fingerprint density at radius 2 is 1.83 bits per heavy atom. The number of esters is 1. The van der Waals surface area contributed by atoms with Crippen LogP contribution in [0.4, 0.5) is 8.78 Å². The van der Waals surface area contributed by atoms with Crippen LogP contribution >= 0.6 is 0 Å². The maximum absolute atomic E-state index is 13.4. The zero-order valence-electron chi connectivity index (χ0n) is 12.6. The first-order valence-electron chi connectivity index (χ1n) is 6.78. The summed E-state index contributed by atoms with van der Waals surface area (Å²) in [5.41, 5.74) is 0.853. The molecule has 128 valence electrons. The molecule has 1 unspecified atom stereocenters. The van der Waals surface area contributed by atoms with Crippen molar-refractivity contribution in [3.63, 3.8) is 0 Å². The molecule has 0 saturated carbocycles. The molecule has 0 spiro atoms. The van der Waals surface area contributed by atoms with E-state index in [0.29, 0.717) is 12.3 Å². The predicted octanol–water partition coefficient (Wildman–Crippen LogP) is 3.51. The number of hydrogen-bond acceptors (Lipinski definition) is 4. The number of ether oxygens (including phenoxy) is 1. The Morgan fingerprint density at radius 3 is 2.42 bits per heavy atom. The van der Waals surface area contributed by atoms with Crippen molar-refractivity contribution in [2.45, 2.75) is 18.3 Å². The van der Waals surface area contributed by atoms with Gasteiger partial charge in [-0.2, -0.15) is 17.2 Å². The monoisotopic (exact) mass is 356 g/mol. The van der Waals surface area contributed by atoms with Crippen LogP contribution in [0.1, 0.15) is 22.8 Å². The zero-order valence-corrected chi connectivity index (χ0v) is 13.4. The van der Waals surface area contributed by atoms with Gasteiger partial charge in [-0.15, -0.1) is 0 Å². The first kappa shape index (κ1) is 18.0. The lowest BCUT2D eigenvalue weighted by atomic mass is 10.0. The van der Waals surface area contributed by atoms with Crippen LogP contribution < -0.4 is 0 Å². The molecule has 0 bridgehead atoms. The topological polar surface area (TPSA) is 80.7 Å². The molecule has 2 rings (SSSR count). The van der Waals surface area contributed by atoms with Crippen LogP contribution in [0.2, 0.25) is 0 Å². The molecular weight excluding hydrogens is 342 g/mol. The van der Waals surface area contributed by atoms with Gasteiger partial charge in [-0.05, 0) is 41.5 Å². The van der Waals surface area contributed by atoms with Gasteiger partial charge in [0.2, 0.25) is 0 Å². The molecule has 0 aliphatic carbocycles. The standard InChI is InChI=1S/C16H14F2O5S/c1-3-11-4-5-13-9-14(7-6-12(13)8-11)15(19)23-10(2)16(17,18)24(20,21)22/h3-10H,1H2,2H3,(H,20,21,22). The predicted molar refractivity (Wildman–Crippen MR) is 85.4 cm³/mol. The lowest BCUT2D eigenvalue weighted by molar-refractivity contribution is -0.0549. The Kier molecular flexibility index (Phi) is 4.73. The molecule has 0 saturated heterocycles. The van der Waals surface area contributed by atoms with Gasteiger partial charge in [0.15, 0.2) is 6.10 Å². The van der Waals surface area contributed by atoms with E-state index < -0.39 is 27.4 Å². The summed E-state index contributed by atoms with van der Waals surface area (Å²) in [4.78, 5) is 11.9. The van der Waals surface area contributed by atoms with Crippen LogP contribution in [0.5, 0.6) is 0 Å². The Balaban J connectivity index is 2.27. The highest BCUT2D eigenvalue weighted by Crippen LogP contribution is 2.28. The van der Waals surface area contributed by atoms with Crippen molar-refractivity contribution < 1.29 is 31.3 Å². The Morgan fingerprint density at radius 1 is 1.25 bits per heavy atom. The highest BCUT2D eigenvalue weighted by atomic mass is 32.2. The zero-order chi connectivity index (χ0) is 18.1. The molecule has 2 aromatic rings. The van der Waals surface area contributed by atoms with Crippen molar-refractivity contribution >= 4 is 32.9 Å². The summed E-state index contributed by atoms with van der Waals surface area (Å²) in [5, 5.41) is -3.12. The number of benzene rings is 2. The molecular formula is C16H14F2O5S. The lowest BCUT2D eigenvalue weighted by Crippen LogP contribution is -2.42. The number of halogens is 2. The van der Waals surface area contributed by atoms with E-state index in [0.717, 1.165) is 10.9 Å². The lowest BCUT2D eigenvalue weighted by Gasteiger charge is -2.20. The first-order chi connectivity index (χ1) is 11.1. The van der Waals surface area contributed by atoms with E-state index in [1.807, 2.05) is 6.07 Å². The van der Waals surface area contributed by atoms with Crippen LogP contribution in [0, 0.1) is 0 Å². The van der Waals surface area contributed by atoms with E-state index in [-0.39, 0.29) is 5.56 Å². The van der Waals surface area contributed by atoms with Crippen molar-refractivity contribution in [3.05, 3.63) is 54.1 Å². The third-order valence-electron chi connectivity index (χ3n) is 3.44. The van der Waals surface area contributed by atoms with Crippen molar-refractivity contribution in [2.75, 3.05) is 0 Å². The molecule has 0 heterocycles. The molecule has 0 aromatic heterocycles. The highest BCUT2D eigenvalue weighted by molar-refractivity contribution is 7.86. The largest absolute Gasteiger partial charge is 0.451 e. The van der Waals surface area contributed by atoms with Gasteiger partial charge < -0.3 is 4.74 Å². The smallest absolute Gasteiger partial charge is 0.405 e. The summed E-state index contributed by atoms with van der Waals surface area (Å²) in [7, 11) is -5.69. The quantitative estimate of drug-likeness (QED) is 0.655. The summed E-state index contributed by atoms with van der Waals surface area (Å²) in [6, 6.07) is 9.72. The molecule has 24 heavy (non-hydrogen) atoms. The van der Waals surface area contributed by atoms with Crippen LogP contribution in [0.15, 0.2) is 43.0 Å². The van der Waals surface area contributed by atoms with Gasteiger partial charge in [-0.25, -0.2) is 4.79 Å². The van der Waals surface area contributed by atoms with Crippen LogP contribution in [0.25, 0.3) is 16.8 Å². The molecule has 1 N–H and O–H groups in total. The molecule has 1 atom stereocenters. The fraction of sp³-hybridized carbons (Fsp3) is 0.188. The number of carbonyl (C=O) groups is 1. The number of alkyl halides is 2. The first-order valence-corrected chi connectivity index (χ1v) is 8.22. The van der Waals surface area contributed by atoms with Crippen molar-refractivity contribution in [3.8, 4) is 0 Å². The minimum Gasteiger partial charge on any atom is -0.451 e. The minimum absolute atomic E-state index is 0.0214. The van der Waals surface area contributed by atoms with Crippen LogP contribution in [-0.4, -0.2) is 30.3 Å². The van der Waals surface area contributed by atoms with Crippen molar-refractivity contribution in [2.24, 2.45) is 0 Å². The fourth-order valence-electron chi connectivity index (χ4n) is 2.03. The average Bonchev–Trinajstić information content (AvgIpc) is 2.52. The Labute approximate surface area is 137 Å². The van der Waals surface area contributed by atoms with E-state index >= 15 is 0 Å². The maximum Gasteiger partial charge on any atom is 0.405 e.